The predicted octanol–water partition coefficient (Wildman–Crippen LogP) is 3.63. The highest BCUT2D eigenvalue weighted by molar-refractivity contribution is 5.87. The van der Waals surface area contributed by atoms with Crippen molar-refractivity contribution in [1.82, 2.24) is 0 Å². The van der Waals surface area contributed by atoms with Gasteiger partial charge in [-0.3, -0.25) is 0 Å². The van der Waals surface area contributed by atoms with Crippen LogP contribution < -0.4 is 18.9 Å². The predicted molar refractivity (Wildman–Crippen MR) is 107 cm³/mol. The molecule has 0 radical (unpaired) electrons. The summed E-state index contributed by atoms with van der Waals surface area (Å²) in [4.78, 5) is 11.8. The summed E-state index contributed by atoms with van der Waals surface area (Å²) in [6, 6.07) is 14.2. The fourth-order valence-electron chi connectivity index (χ4n) is 2.33. The van der Waals surface area contributed by atoms with Gasteiger partial charge in [0.05, 0.1) is 13.7 Å². The van der Waals surface area contributed by atoms with E-state index in [1.165, 1.54) is 13.2 Å². The average molecular weight is 397 g/mol. The van der Waals surface area contributed by atoms with Crippen LogP contribution in [0.5, 0.6) is 23.0 Å². The summed E-state index contributed by atoms with van der Waals surface area (Å²) in [5.74, 6) is 1.90. The lowest BCUT2D eigenvalue weighted by Crippen LogP contribution is -2.10. The van der Waals surface area contributed by atoms with Gasteiger partial charge in [-0.1, -0.05) is 6.07 Å². The van der Waals surface area contributed by atoms with Gasteiger partial charge < -0.3 is 23.7 Å². The summed E-state index contributed by atoms with van der Waals surface area (Å²) in [5.41, 5.74) is 0.730. The minimum Gasteiger partial charge on any atom is -0.494 e. The number of ether oxygens (including phenoxy) is 5. The Hall–Kier alpha value is -3.66. The molecule has 0 unspecified atom stereocenters. The molecule has 152 valence electrons. The topological polar surface area (TPSA) is 87.0 Å². The Morgan fingerprint density at radius 2 is 1.72 bits per heavy atom. The van der Waals surface area contributed by atoms with E-state index in [4.69, 9.17) is 28.9 Å². The summed E-state index contributed by atoms with van der Waals surface area (Å²) >= 11 is 0. The molecular weight excluding hydrogens is 374 g/mol. The van der Waals surface area contributed by atoms with Gasteiger partial charge in [-0.2, -0.15) is 5.26 Å². The van der Waals surface area contributed by atoms with Crippen LogP contribution >= 0.6 is 0 Å². The highest BCUT2D eigenvalue weighted by atomic mass is 16.6. The van der Waals surface area contributed by atoms with Crippen LogP contribution in [0, 0.1) is 11.3 Å². The maximum Gasteiger partial charge on any atom is 0.330 e. The lowest BCUT2D eigenvalue weighted by atomic mass is 10.2. The second-order valence-electron chi connectivity index (χ2n) is 5.61. The molecule has 0 N–H and O–H groups in total. The first-order chi connectivity index (χ1) is 14.2. The Kier molecular flexibility index (Phi) is 8.90. The van der Waals surface area contributed by atoms with Crippen molar-refractivity contribution < 1.29 is 28.5 Å². The van der Waals surface area contributed by atoms with Gasteiger partial charge in [-0.05, 0) is 55.0 Å². The smallest absolute Gasteiger partial charge is 0.330 e. The first-order valence-electron chi connectivity index (χ1n) is 9.04. The molecule has 29 heavy (non-hydrogen) atoms. The van der Waals surface area contributed by atoms with Crippen LogP contribution in [0.1, 0.15) is 12.5 Å². The van der Waals surface area contributed by atoms with Crippen molar-refractivity contribution in [3.8, 4) is 29.1 Å². The third-order valence-electron chi connectivity index (χ3n) is 3.62. The zero-order valence-electron chi connectivity index (χ0n) is 16.4. The molecule has 0 bridgehead atoms. The molecular formula is C22H23NO6. The van der Waals surface area contributed by atoms with Crippen molar-refractivity contribution in [2.24, 2.45) is 0 Å². The molecule has 0 amide bonds. The molecule has 0 saturated carbocycles. The van der Waals surface area contributed by atoms with Crippen molar-refractivity contribution in [2.75, 3.05) is 33.5 Å². The van der Waals surface area contributed by atoms with Gasteiger partial charge in [0.25, 0.3) is 0 Å². The highest BCUT2D eigenvalue weighted by Crippen LogP contribution is 2.28. The van der Waals surface area contributed by atoms with E-state index in [9.17, 15) is 4.79 Å². The number of rotatable bonds is 11. The summed E-state index contributed by atoms with van der Waals surface area (Å²) in [6.07, 6.45) is 2.92. The average Bonchev–Trinajstić information content (AvgIpc) is 2.75. The first kappa shape index (κ1) is 21.6. The summed E-state index contributed by atoms with van der Waals surface area (Å²) in [5, 5.41) is 8.58. The molecule has 0 aliphatic heterocycles. The Labute approximate surface area is 170 Å². The van der Waals surface area contributed by atoms with Crippen LogP contribution in [0.4, 0.5) is 0 Å². The Morgan fingerprint density at radius 3 is 2.38 bits per heavy atom. The Morgan fingerprint density at radius 1 is 1.00 bits per heavy atom. The van der Waals surface area contributed by atoms with Crippen LogP contribution in [0.3, 0.4) is 0 Å². The number of nitrogens with zero attached hydrogens (tertiary/aromatic N) is 1. The number of hydrogen-bond acceptors (Lipinski definition) is 7. The van der Waals surface area contributed by atoms with Crippen LogP contribution in [0.25, 0.3) is 6.08 Å². The molecule has 0 aromatic heterocycles. The fourth-order valence-corrected chi connectivity index (χ4v) is 2.33. The number of methoxy groups -OCH3 is 1. The van der Waals surface area contributed by atoms with Crippen molar-refractivity contribution in [2.45, 2.75) is 6.92 Å². The van der Waals surface area contributed by atoms with E-state index in [0.29, 0.717) is 23.9 Å². The maximum atomic E-state index is 11.8. The van der Waals surface area contributed by atoms with Gasteiger partial charge in [0.15, 0.2) is 18.1 Å². The number of hydrogen-bond donors (Lipinski definition) is 0. The van der Waals surface area contributed by atoms with Gasteiger partial charge in [0.1, 0.15) is 30.8 Å². The highest BCUT2D eigenvalue weighted by Gasteiger charge is 2.05. The van der Waals surface area contributed by atoms with E-state index in [1.54, 1.807) is 36.4 Å². The summed E-state index contributed by atoms with van der Waals surface area (Å²) in [6.45, 7) is 2.82. The minimum atomic E-state index is -0.482. The van der Waals surface area contributed by atoms with E-state index in [2.05, 4.69) is 0 Å². The van der Waals surface area contributed by atoms with E-state index >= 15 is 0 Å². The van der Waals surface area contributed by atoms with Crippen molar-refractivity contribution >= 4 is 12.0 Å². The van der Waals surface area contributed by atoms with Crippen molar-refractivity contribution in [3.63, 3.8) is 0 Å². The molecule has 2 aromatic rings. The third-order valence-corrected chi connectivity index (χ3v) is 3.62. The number of nitriles is 1. The van der Waals surface area contributed by atoms with Gasteiger partial charge in [-0.25, -0.2) is 4.79 Å². The first-order valence-corrected chi connectivity index (χ1v) is 9.04. The zero-order chi connectivity index (χ0) is 20.9. The molecule has 7 nitrogen and oxygen atoms in total. The quantitative estimate of drug-likeness (QED) is 0.325. The molecule has 7 heteroatoms. The molecule has 0 spiro atoms. The lowest BCUT2D eigenvalue weighted by Gasteiger charge is -2.09. The monoisotopic (exact) mass is 397 g/mol. The second kappa shape index (κ2) is 11.9. The van der Waals surface area contributed by atoms with Crippen LogP contribution in [-0.4, -0.2) is 39.5 Å². The second-order valence-corrected chi connectivity index (χ2v) is 5.61. The minimum absolute atomic E-state index is 0.0728. The molecule has 2 rings (SSSR count). The van der Waals surface area contributed by atoms with Crippen molar-refractivity contribution in [3.05, 3.63) is 54.1 Å². The molecule has 0 aliphatic carbocycles. The molecule has 0 heterocycles. The van der Waals surface area contributed by atoms with E-state index < -0.39 is 5.97 Å². The number of carbonyl (C=O) groups excluding carboxylic acids is 1. The van der Waals surface area contributed by atoms with Gasteiger partial charge in [-0.15, -0.1) is 0 Å². The van der Waals surface area contributed by atoms with E-state index in [1.807, 2.05) is 25.1 Å². The zero-order valence-corrected chi connectivity index (χ0v) is 16.4. The van der Waals surface area contributed by atoms with E-state index in [-0.39, 0.29) is 19.8 Å². The molecule has 0 fully saturated rings. The summed E-state index contributed by atoms with van der Waals surface area (Å²) < 4.78 is 26.5. The molecule has 0 aliphatic rings. The maximum absolute atomic E-state index is 11.8. The SMILES string of the molecule is CCOc1ccc(OCCOC(=O)/C=C/c2ccc(OCC#N)c(OC)c2)cc1. The molecule has 0 saturated heterocycles. The van der Waals surface area contributed by atoms with Gasteiger partial charge >= 0.3 is 5.97 Å². The standard InChI is InChI=1S/C22H23NO6/c1-3-26-18-6-8-19(9-7-18)27-14-15-29-22(24)11-5-17-4-10-20(28-13-12-23)21(16-17)25-2/h4-11,16H,3,13-15H2,1-2H3/b11-5+. The molecule has 0 atom stereocenters. The lowest BCUT2D eigenvalue weighted by molar-refractivity contribution is -0.138. The van der Waals surface area contributed by atoms with Crippen LogP contribution in [0.15, 0.2) is 48.5 Å². The fraction of sp³-hybridized carbons (Fsp3) is 0.273. The number of carbonyl (C=O) groups is 1. The number of esters is 1. The van der Waals surface area contributed by atoms with Gasteiger partial charge in [0.2, 0.25) is 0 Å². The van der Waals surface area contributed by atoms with Crippen LogP contribution in [0.2, 0.25) is 0 Å². The largest absolute Gasteiger partial charge is 0.494 e. The van der Waals surface area contributed by atoms with Crippen LogP contribution in [-0.2, 0) is 9.53 Å². The number of benzene rings is 2. The molecule has 2 aromatic carbocycles. The third kappa shape index (κ3) is 7.46. The van der Waals surface area contributed by atoms with Gasteiger partial charge in [0, 0.05) is 6.08 Å². The van der Waals surface area contributed by atoms with Crippen molar-refractivity contribution in [1.29, 1.82) is 5.26 Å². The normalized spacial score (nSPS) is 10.2. The Bertz CT molecular complexity index is 855. The summed E-state index contributed by atoms with van der Waals surface area (Å²) in [7, 11) is 1.50. The Balaban J connectivity index is 1.77. The van der Waals surface area contributed by atoms with E-state index in [0.717, 1.165) is 11.3 Å².